The van der Waals surface area contributed by atoms with Crippen LogP contribution in [0, 0.1) is 0 Å². The van der Waals surface area contributed by atoms with Crippen LogP contribution in [0.1, 0.15) is 5.69 Å². The zero-order valence-electron chi connectivity index (χ0n) is 8.84. The van der Waals surface area contributed by atoms with E-state index in [9.17, 15) is 4.79 Å². The molecule has 17 heavy (non-hydrogen) atoms. The van der Waals surface area contributed by atoms with E-state index in [1.807, 2.05) is 12.1 Å². The lowest BCUT2D eigenvalue weighted by molar-refractivity contribution is -0.115. The highest BCUT2D eigenvalue weighted by Crippen LogP contribution is 2.22. The summed E-state index contributed by atoms with van der Waals surface area (Å²) >= 11 is 11.7. The number of hydrogen-bond acceptors (Lipinski definition) is 1. The number of nitrogens with one attached hydrogen (secondary N) is 2. The quantitative estimate of drug-likeness (QED) is 0.880. The van der Waals surface area contributed by atoms with Gasteiger partial charge in [-0.25, -0.2) is 0 Å². The summed E-state index contributed by atoms with van der Waals surface area (Å²) in [5.74, 6) is -0.120. The molecule has 0 spiro atoms. The van der Waals surface area contributed by atoms with E-state index in [1.165, 1.54) is 0 Å². The molecule has 0 atom stereocenters. The van der Waals surface area contributed by atoms with Crippen LogP contribution in [0.15, 0.2) is 36.5 Å². The lowest BCUT2D eigenvalue weighted by Gasteiger charge is -2.05. The molecular formula is C12H10Cl2N2O. The van der Waals surface area contributed by atoms with Crippen molar-refractivity contribution in [2.24, 2.45) is 0 Å². The summed E-state index contributed by atoms with van der Waals surface area (Å²) in [5, 5.41) is 3.72. The third kappa shape index (κ3) is 3.51. The summed E-state index contributed by atoms with van der Waals surface area (Å²) < 4.78 is 0. The second kappa shape index (κ2) is 5.25. The second-order valence-corrected chi connectivity index (χ2v) is 4.45. The first kappa shape index (κ1) is 12.0. The van der Waals surface area contributed by atoms with Crippen molar-refractivity contribution in [3.8, 4) is 0 Å². The van der Waals surface area contributed by atoms with Crippen molar-refractivity contribution in [1.29, 1.82) is 0 Å². The van der Waals surface area contributed by atoms with Crippen molar-refractivity contribution in [3.05, 3.63) is 52.3 Å². The second-order valence-electron chi connectivity index (χ2n) is 3.58. The van der Waals surface area contributed by atoms with Crippen LogP contribution < -0.4 is 5.32 Å². The lowest BCUT2D eigenvalue weighted by atomic mass is 10.2. The molecule has 1 aromatic carbocycles. The van der Waals surface area contributed by atoms with Gasteiger partial charge in [0.1, 0.15) is 0 Å². The predicted molar refractivity (Wildman–Crippen MR) is 69.6 cm³/mol. The number of carbonyl (C=O) groups excluding carboxylic acids is 1. The first-order chi connectivity index (χ1) is 8.13. The van der Waals surface area contributed by atoms with Crippen LogP contribution >= 0.6 is 23.2 Å². The number of amides is 1. The van der Waals surface area contributed by atoms with Crippen LogP contribution in [0.4, 0.5) is 5.69 Å². The average molecular weight is 269 g/mol. The molecule has 0 aliphatic rings. The first-order valence-electron chi connectivity index (χ1n) is 5.02. The Hall–Kier alpha value is -1.45. The van der Waals surface area contributed by atoms with Gasteiger partial charge in [0.25, 0.3) is 0 Å². The standard InChI is InChI=1S/C12H10Cl2N2O/c13-8-4-9(14)6-11(5-8)16-12(17)7-10-2-1-3-15-10/h1-6,15H,7H2,(H,16,17). The Balaban J connectivity index is 2.03. The monoisotopic (exact) mass is 268 g/mol. The Kier molecular flexibility index (Phi) is 3.71. The molecule has 88 valence electrons. The molecule has 3 nitrogen and oxygen atoms in total. The van der Waals surface area contributed by atoms with Crippen LogP contribution in [0.2, 0.25) is 10.0 Å². The lowest BCUT2D eigenvalue weighted by Crippen LogP contribution is -2.14. The normalized spacial score (nSPS) is 10.2. The third-order valence-corrected chi connectivity index (χ3v) is 2.60. The van der Waals surface area contributed by atoms with Crippen molar-refractivity contribution >= 4 is 34.8 Å². The Bertz CT molecular complexity index is 503. The third-order valence-electron chi connectivity index (χ3n) is 2.16. The van der Waals surface area contributed by atoms with Crippen LogP contribution in [0.5, 0.6) is 0 Å². The molecule has 0 saturated carbocycles. The topological polar surface area (TPSA) is 44.9 Å². The summed E-state index contributed by atoms with van der Waals surface area (Å²) in [6, 6.07) is 8.62. The molecule has 0 aliphatic heterocycles. The van der Waals surface area contributed by atoms with Crippen LogP contribution in [0.3, 0.4) is 0 Å². The van der Waals surface area contributed by atoms with Gasteiger partial charge in [-0.05, 0) is 30.3 Å². The van der Waals surface area contributed by atoms with Crippen LogP contribution in [-0.2, 0) is 11.2 Å². The number of rotatable bonds is 3. The number of benzene rings is 1. The van der Waals surface area contributed by atoms with Gasteiger partial charge >= 0.3 is 0 Å². The van der Waals surface area contributed by atoms with Crippen LogP contribution in [0.25, 0.3) is 0 Å². The summed E-state index contributed by atoms with van der Waals surface area (Å²) in [7, 11) is 0. The molecule has 1 heterocycles. The van der Waals surface area contributed by atoms with E-state index < -0.39 is 0 Å². The molecule has 2 N–H and O–H groups in total. The highest BCUT2D eigenvalue weighted by molar-refractivity contribution is 6.35. The van der Waals surface area contributed by atoms with E-state index in [2.05, 4.69) is 10.3 Å². The molecule has 0 bridgehead atoms. The van der Waals surface area contributed by atoms with Crippen LogP contribution in [-0.4, -0.2) is 10.9 Å². The van der Waals surface area contributed by atoms with Gasteiger partial charge in [-0.15, -0.1) is 0 Å². The Morgan fingerprint density at radius 3 is 2.53 bits per heavy atom. The fourth-order valence-corrected chi connectivity index (χ4v) is 2.01. The molecule has 0 fully saturated rings. The summed E-state index contributed by atoms with van der Waals surface area (Å²) in [4.78, 5) is 14.6. The van der Waals surface area contributed by atoms with Crippen molar-refractivity contribution in [1.82, 2.24) is 4.98 Å². The zero-order valence-corrected chi connectivity index (χ0v) is 10.3. The Morgan fingerprint density at radius 2 is 1.94 bits per heavy atom. The number of hydrogen-bond donors (Lipinski definition) is 2. The molecule has 0 saturated heterocycles. The Morgan fingerprint density at radius 1 is 1.24 bits per heavy atom. The number of halogens is 2. The van der Waals surface area contributed by atoms with E-state index >= 15 is 0 Å². The van der Waals surface area contributed by atoms with Gasteiger partial charge in [-0.3, -0.25) is 4.79 Å². The number of H-pyrrole nitrogens is 1. The van der Waals surface area contributed by atoms with Crippen molar-refractivity contribution in [2.75, 3.05) is 5.32 Å². The molecular weight excluding hydrogens is 259 g/mol. The summed E-state index contributed by atoms with van der Waals surface area (Å²) in [6.45, 7) is 0. The zero-order chi connectivity index (χ0) is 12.3. The smallest absolute Gasteiger partial charge is 0.230 e. The minimum absolute atomic E-state index is 0.120. The Labute approximate surface area is 109 Å². The average Bonchev–Trinajstić information content (AvgIpc) is 2.67. The molecule has 2 aromatic rings. The highest BCUT2D eigenvalue weighted by atomic mass is 35.5. The molecule has 1 aromatic heterocycles. The van der Waals surface area contributed by atoms with E-state index in [1.54, 1.807) is 24.4 Å². The highest BCUT2D eigenvalue weighted by Gasteiger charge is 2.05. The maximum Gasteiger partial charge on any atom is 0.230 e. The van der Waals surface area contributed by atoms with Gasteiger partial charge in [0.2, 0.25) is 5.91 Å². The fraction of sp³-hybridized carbons (Fsp3) is 0.0833. The van der Waals surface area contributed by atoms with Crippen molar-refractivity contribution in [3.63, 3.8) is 0 Å². The maximum atomic E-state index is 11.7. The first-order valence-corrected chi connectivity index (χ1v) is 5.77. The summed E-state index contributed by atoms with van der Waals surface area (Å²) in [5.41, 5.74) is 1.45. The number of anilines is 1. The number of carbonyl (C=O) groups is 1. The molecule has 0 aliphatic carbocycles. The van der Waals surface area contributed by atoms with E-state index in [0.717, 1.165) is 5.69 Å². The molecule has 2 rings (SSSR count). The number of aromatic amines is 1. The van der Waals surface area contributed by atoms with Gasteiger partial charge in [0, 0.05) is 27.6 Å². The van der Waals surface area contributed by atoms with Gasteiger partial charge in [0.15, 0.2) is 0 Å². The van der Waals surface area contributed by atoms with Gasteiger partial charge in [-0.2, -0.15) is 0 Å². The van der Waals surface area contributed by atoms with Crippen molar-refractivity contribution < 1.29 is 4.79 Å². The molecule has 0 radical (unpaired) electrons. The summed E-state index contributed by atoms with van der Waals surface area (Å²) in [6.07, 6.45) is 2.07. The van der Waals surface area contributed by atoms with Crippen molar-refractivity contribution in [2.45, 2.75) is 6.42 Å². The van der Waals surface area contributed by atoms with Gasteiger partial charge < -0.3 is 10.3 Å². The van der Waals surface area contributed by atoms with E-state index in [4.69, 9.17) is 23.2 Å². The molecule has 5 heteroatoms. The predicted octanol–water partition coefficient (Wildman–Crippen LogP) is 3.50. The van der Waals surface area contributed by atoms with Gasteiger partial charge in [0.05, 0.1) is 6.42 Å². The molecule has 1 amide bonds. The minimum Gasteiger partial charge on any atom is -0.365 e. The van der Waals surface area contributed by atoms with E-state index in [0.29, 0.717) is 15.7 Å². The SMILES string of the molecule is O=C(Cc1ccc[nH]1)Nc1cc(Cl)cc(Cl)c1. The number of aromatic nitrogens is 1. The largest absolute Gasteiger partial charge is 0.365 e. The minimum atomic E-state index is -0.120. The van der Waals surface area contributed by atoms with Gasteiger partial charge in [-0.1, -0.05) is 23.2 Å². The molecule has 0 unspecified atom stereocenters. The maximum absolute atomic E-state index is 11.7. The van der Waals surface area contributed by atoms with E-state index in [-0.39, 0.29) is 12.3 Å². The fourth-order valence-electron chi connectivity index (χ4n) is 1.48.